The fourth-order valence-corrected chi connectivity index (χ4v) is 1.54. The third kappa shape index (κ3) is 2.39. The van der Waals surface area contributed by atoms with E-state index in [-0.39, 0.29) is 5.75 Å². The number of benzene rings is 1. The van der Waals surface area contributed by atoms with Gasteiger partial charge in [0.25, 0.3) is 0 Å². The standard InChI is InChI=1S/C12H12FN3O/c1-17-11-3-2-8(4-10(11)13)12(14)9-5-15-7-16-6-9/h2-7,12H,14H2,1H3. The fourth-order valence-electron chi connectivity index (χ4n) is 1.54. The van der Waals surface area contributed by atoms with Gasteiger partial charge in [-0.2, -0.15) is 0 Å². The van der Waals surface area contributed by atoms with Crippen LogP contribution < -0.4 is 10.5 Å². The Labute approximate surface area is 98.3 Å². The minimum absolute atomic E-state index is 0.199. The molecule has 1 heterocycles. The highest BCUT2D eigenvalue weighted by Gasteiger charge is 2.12. The first-order chi connectivity index (χ1) is 8.22. The number of nitrogens with zero attached hydrogens (tertiary/aromatic N) is 2. The summed E-state index contributed by atoms with van der Waals surface area (Å²) in [5, 5.41) is 0. The zero-order chi connectivity index (χ0) is 12.3. The molecule has 0 aliphatic heterocycles. The number of ether oxygens (including phenoxy) is 1. The molecule has 0 amide bonds. The maximum absolute atomic E-state index is 13.5. The molecule has 0 saturated heterocycles. The molecule has 1 unspecified atom stereocenters. The van der Waals surface area contributed by atoms with Crippen molar-refractivity contribution >= 4 is 0 Å². The quantitative estimate of drug-likeness (QED) is 0.876. The van der Waals surface area contributed by atoms with E-state index in [1.54, 1.807) is 24.5 Å². The molecule has 88 valence electrons. The van der Waals surface area contributed by atoms with Crippen LogP contribution in [0, 0.1) is 5.82 Å². The topological polar surface area (TPSA) is 61.0 Å². The second-order valence-electron chi connectivity index (χ2n) is 3.54. The number of nitrogens with two attached hydrogens (primary N) is 1. The molecule has 0 saturated carbocycles. The van der Waals surface area contributed by atoms with Crippen LogP contribution in [0.2, 0.25) is 0 Å². The highest BCUT2D eigenvalue weighted by Crippen LogP contribution is 2.23. The van der Waals surface area contributed by atoms with Gasteiger partial charge in [0.2, 0.25) is 0 Å². The Hall–Kier alpha value is -2.01. The molecule has 0 fully saturated rings. The van der Waals surface area contributed by atoms with Crippen molar-refractivity contribution in [1.29, 1.82) is 0 Å². The first kappa shape index (κ1) is 11.5. The molecule has 5 heteroatoms. The number of rotatable bonds is 3. The Bertz CT molecular complexity index is 504. The van der Waals surface area contributed by atoms with E-state index in [0.717, 1.165) is 5.56 Å². The first-order valence-corrected chi connectivity index (χ1v) is 5.06. The number of methoxy groups -OCH3 is 1. The van der Waals surface area contributed by atoms with E-state index < -0.39 is 11.9 Å². The lowest BCUT2D eigenvalue weighted by molar-refractivity contribution is 0.386. The van der Waals surface area contributed by atoms with Crippen LogP contribution in [0.5, 0.6) is 5.75 Å². The maximum atomic E-state index is 13.5. The average Bonchev–Trinajstić information content (AvgIpc) is 2.39. The molecule has 0 aliphatic carbocycles. The van der Waals surface area contributed by atoms with E-state index in [1.165, 1.54) is 19.5 Å². The summed E-state index contributed by atoms with van der Waals surface area (Å²) in [5.74, 6) is -0.234. The van der Waals surface area contributed by atoms with Crippen LogP contribution in [-0.2, 0) is 0 Å². The third-order valence-electron chi connectivity index (χ3n) is 2.47. The van der Waals surface area contributed by atoms with Gasteiger partial charge in [-0.3, -0.25) is 0 Å². The summed E-state index contributed by atoms with van der Waals surface area (Å²) < 4.78 is 18.4. The molecule has 0 aliphatic rings. The molecular weight excluding hydrogens is 221 g/mol. The Morgan fingerprint density at radius 1 is 1.24 bits per heavy atom. The van der Waals surface area contributed by atoms with Crippen molar-refractivity contribution in [3.63, 3.8) is 0 Å². The molecule has 0 radical (unpaired) electrons. The Morgan fingerprint density at radius 3 is 2.53 bits per heavy atom. The van der Waals surface area contributed by atoms with Gasteiger partial charge >= 0.3 is 0 Å². The van der Waals surface area contributed by atoms with Crippen molar-refractivity contribution in [1.82, 2.24) is 9.97 Å². The lowest BCUT2D eigenvalue weighted by Gasteiger charge is -2.12. The van der Waals surface area contributed by atoms with Gasteiger partial charge in [0, 0.05) is 18.0 Å². The number of hydrogen-bond acceptors (Lipinski definition) is 4. The van der Waals surface area contributed by atoms with Crippen molar-refractivity contribution in [2.24, 2.45) is 5.73 Å². The van der Waals surface area contributed by atoms with Crippen LogP contribution in [0.1, 0.15) is 17.2 Å². The highest BCUT2D eigenvalue weighted by molar-refractivity contribution is 5.34. The molecule has 1 aromatic carbocycles. The van der Waals surface area contributed by atoms with Crippen LogP contribution >= 0.6 is 0 Å². The average molecular weight is 233 g/mol. The van der Waals surface area contributed by atoms with E-state index in [4.69, 9.17) is 10.5 Å². The lowest BCUT2D eigenvalue weighted by Crippen LogP contribution is -2.12. The fraction of sp³-hybridized carbons (Fsp3) is 0.167. The molecule has 2 aromatic rings. The van der Waals surface area contributed by atoms with Gasteiger partial charge in [-0.15, -0.1) is 0 Å². The lowest BCUT2D eigenvalue weighted by atomic mass is 10.0. The maximum Gasteiger partial charge on any atom is 0.165 e. The Kier molecular flexibility index (Phi) is 3.30. The second-order valence-corrected chi connectivity index (χ2v) is 3.54. The monoisotopic (exact) mass is 233 g/mol. The first-order valence-electron chi connectivity index (χ1n) is 5.06. The molecule has 17 heavy (non-hydrogen) atoms. The Balaban J connectivity index is 2.32. The minimum atomic E-state index is -0.448. The van der Waals surface area contributed by atoms with Crippen LogP contribution in [0.15, 0.2) is 36.9 Å². The van der Waals surface area contributed by atoms with Crippen molar-refractivity contribution in [2.45, 2.75) is 6.04 Å². The van der Waals surface area contributed by atoms with Crippen LogP contribution in [0.3, 0.4) is 0 Å². The largest absolute Gasteiger partial charge is 0.494 e. The second kappa shape index (κ2) is 4.88. The SMILES string of the molecule is COc1ccc(C(N)c2cncnc2)cc1F. The summed E-state index contributed by atoms with van der Waals surface area (Å²) in [6.45, 7) is 0. The molecule has 2 N–H and O–H groups in total. The number of halogens is 1. The van der Waals surface area contributed by atoms with E-state index in [9.17, 15) is 4.39 Å². The predicted molar refractivity (Wildman–Crippen MR) is 61.0 cm³/mol. The van der Waals surface area contributed by atoms with Gasteiger partial charge in [-0.05, 0) is 17.7 Å². The van der Waals surface area contributed by atoms with Gasteiger partial charge in [0.05, 0.1) is 13.2 Å². The van der Waals surface area contributed by atoms with Crippen LogP contribution in [-0.4, -0.2) is 17.1 Å². The van der Waals surface area contributed by atoms with E-state index in [2.05, 4.69) is 9.97 Å². The summed E-state index contributed by atoms with van der Waals surface area (Å²) in [6, 6.07) is 4.18. The van der Waals surface area contributed by atoms with Crippen molar-refractivity contribution in [3.05, 3.63) is 53.9 Å². The summed E-state index contributed by atoms with van der Waals surface area (Å²) in [5.41, 5.74) is 7.37. The smallest absolute Gasteiger partial charge is 0.165 e. The zero-order valence-electron chi connectivity index (χ0n) is 9.30. The van der Waals surface area contributed by atoms with Crippen molar-refractivity contribution in [3.8, 4) is 5.75 Å². The molecular formula is C12H12FN3O. The summed E-state index contributed by atoms with van der Waals surface area (Å²) in [6.07, 6.45) is 4.64. The predicted octanol–water partition coefficient (Wildman–Crippen LogP) is 1.67. The van der Waals surface area contributed by atoms with Crippen LogP contribution in [0.4, 0.5) is 4.39 Å². The molecule has 2 rings (SSSR count). The van der Waals surface area contributed by atoms with E-state index >= 15 is 0 Å². The third-order valence-corrected chi connectivity index (χ3v) is 2.47. The minimum Gasteiger partial charge on any atom is -0.494 e. The van der Waals surface area contributed by atoms with Gasteiger partial charge in [-0.25, -0.2) is 14.4 Å². The summed E-state index contributed by atoms with van der Waals surface area (Å²) in [4.78, 5) is 7.76. The van der Waals surface area contributed by atoms with E-state index in [0.29, 0.717) is 5.56 Å². The molecule has 4 nitrogen and oxygen atoms in total. The molecule has 0 spiro atoms. The summed E-state index contributed by atoms with van der Waals surface area (Å²) in [7, 11) is 1.42. The van der Waals surface area contributed by atoms with Gasteiger partial charge < -0.3 is 10.5 Å². The van der Waals surface area contributed by atoms with Crippen molar-refractivity contribution in [2.75, 3.05) is 7.11 Å². The normalized spacial score (nSPS) is 12.2. The molecule has 0 bridgehead atoms. The van der Waals surface area contributed by atoms with Crippen LogP contribution in [0.25, 0.3) is 0 Å². The number of hydrogen-bond donors (Lipinski definition) is 1. The van der Waals surface area contributed by atoms with E-state index in [1.807, 2.05) is 0 Å². The Morgan fingerprint density at radius 2 is 1.94 bits per heavy atom. The molecule has 1 atom stereocenters. The number of aromatic nitrogens is 2. The van der Waals surface area contributed by atoms with Gasteiger partial charge in [0.1, 0.15) is 6.33 Å². The highest BCUT2D eigenvalue weighted by atomic mass is 19.1. The van der Waals surface area contributed by atoms with Gasteiger partial charge in [0.15, 0.2) is 11.6 Å². The molecule has 1 aromatic heterocycles. The van der Waals surface area contributed by atoms with Gasteiger partial charge in [-0.1, -0.05) is 6.07 Å². The zero-order valence-corrected chi connectivity index (χ0v) is 9.30. The van der Waals surface area contributed by atoms with Crippen molar-refractivity contribution < 1.29 is 9.13 Å². The summed E-state index contributed by atoms with van der Waals surface area (Å²) >= 11 is 0.